The van der Waals surface area contributed by atoms with Crippen molar-refractivity contribution < 1.29 is 0 Å². The fourth-order valence-electron chi connectivity index (χ4n) is 4.32. The van der Waals surface area contributed by atoms with Gasteiger partial charge in [-0.05, 0) is 6.42 Å². The van der Waals surface area contributed by atoms with E-state index in [1.54, 1.807) is 0 Å². The van der Waals surface area contributed by atoms with Crippen LogP contribution < -0.4 is 0 Å². The van der Waals surface area contributed by atoms with E-state index in [1.165, 1.54) is 52.2 Å². The van der Waals surface area contributed by atoms with Crippen molar-refractivity contribution in [3.8, 4) is 0 Å². The zero-order chi connectivity index (χ0) is 10.0. The van der Waals surface area contributed by atoms with Gasteiger partial charge < -0.3 is 0 Å². The zero-order valence-corrected chi connectivity index (χ0v) is 9.52. The maximum absolute atomic E-state index is 2.77. The predicted molar refractivity (Wildman–Crippen MR) is 58.2 cm³/mol. The lowest BCUT2D eigenvalue weighted by Crippen LogP contribution is -2.59. The van der Waals surface area contributed by atoms with Crippen LogP contribution in [0.15, 0.2) is 0 Å². The third-order valence-corrected chi connectivity index (χ3v) is 4.89. The molecule has 0 N–H and O–H groups in total. The van der Waals surface area contributed by atoms with Crippen LogP contribution in [0.4, 0.5) is 0 Å². The van der Waals surface area contributed by atoms with E-state index < -0.39 is 0 Å². The van der Waals surface area contributed by atoms with Crippen LogP contribution in [0, 0.1) is 0 Å². The fourth-order valence-corrected chi connectivity index (χ4v) is 4.32. The summed E-state index contributed by atoms with van der Waals surface area (Å²) in [6.45, 7) is 11.3. The van der Waals surface area contributed by atoms with Crippen molar-refractivity contribution in [2.45, 2.75) is 25.3 Å². The highest BCUT2D eigenvalue weighted by Crippen LogP contribution is 2.46. The third kappa shape index (κ3) is 0.813. The molecule has 0 aromatic rings. The van der Waals surface area contributed by atoms with Crippen molar-refractivity contribution in [2.24, 2.45) is 0 Å². The topological polar surface area (TPSA) is 13.0 Å². The Labute approximate surface area is 91.4 Å². The summed E-state index contributed by atoms with van der Waals surface area (Å²) >= 11 is 0. The van der Waals surface area contributed by atoms with E-state index in [2.05, 4.69) is 26.5 Å². The molecule has 0 aromatic carbocycles. The summed E-state index contributed by atoms with van der Waals surface area (Å²) in [4.78, 5) is 10.9. The van der Waals surface area contributed by atoms with E-state index in [-0.39, 0.29) is 5.91 Å². The second-order valence-corrected chi connectivity index (χ2v) is 5.28. The van der Waals surface area contributed by atoms with Crippen molar-refractivity contribution in [2.75, 3.05) is 45.8 Å². The van der Waals surface area contributed by atoms with Gasteiger partial charge >= 0.3 is 0 Å². The number of hydrogen-bond donors (Lipinski definition) is 0. The van der Waals surface area contributed by atoms with Crippen LogP contribution in [0.1, 0.15) is 13.3 Å². The molecule has 1 spiro atoms. The molecule has 0 aliphatic carbocycles. The predicted octanol–water partition coefficient (Wildman–Crippen LogP) is -0.361. The molecule has 0 amide bonds. The van der Waals surface area contributed by atoms with Gasteiger partial charge in [0.15, 0.2) is 5.91 Å². The summed E-state index contributed by atoms with van der Waals surface area (Å²) in [5.41, 5.74) is 0. The largest absolute Gasteiger partial charge is 0.257 e. The van der Waals surface area contributed by atoms with Gasteiger partial charge in [0, 0.05) is 51.9 Å². The number of hydrogen-bond acceptors (Lipinski definition) is 4. The maximum Gasteiger partial charge on any atom is 0.192 e. The molecule has 4 nitrogen and oxygen atoms in total. The molecule has 2 atom stereocenters. The SMILES string of the molecule is CCC1CN2CCN3CCN4CCN1[C@]342. The summed E-state index contributed by atoms with van der Waals surface area (Å²) in [5, 5.41) is 0. The lowest BCUT2D eigenvalue weighted by Gasteiger charge is -2.40. The van der Waals surface area contributed by atoms with Crippen LogP contribution in [0.25, 0.3) is 0 Å². The Morgan fingerprint density at radius 3 is 2.20 bits per heavy atom. The van der Waals surface area contributed by atoms with Gasteiger partial charge in [0.05, 0.1) is 0 Å². The van der Waals surface area contributed by atoms with Crippen LogP contribution >= 0.6 is 0 Å². The number of nitrogens with zero attached hydrogens (tertiary/aromatic N) is 4. The molecule has 4 saturated heterocycles. The molecule has 0 bridgehead atoms. The quantitative estimate of drug-likeness (QED) is 0.583. The van der Waals surface area contributed by atoms with Crippen LogP contribution in [0.5, 0.6) is 0 Å². The smallest absolute Gasteiger partial charge is 0.192 e. The van der Waals surface area contributed by atoms with Crippen LogP contribution in [0.3, 0.4) is 0 Å². The maximum atomic E-state index is 2.77. The standard InChI is InChI=1S/C11H20N4/c1-2-10-9-14-6-5-12-3-4-13-7-8-15(10)11(12,13)14/h10H,2-9H2,1H3/t10?,11-/m1/s1. The van der Waals surface area contributed by atoms with E-state index in [1.807, 2.05) is 0 Å². The second kappa shape index (κ2) is 2.74. The third-order valence-electron chi connectivity index (χ3n) is 4.89. The molecule has 0 radical (unpaired) electrons. The molecule has 84 valence electrons. The molecule has 4 rings (SSSR count). The molecule has 0 saturated carbocycles. The van der Waals surface area contributed by atoms with E-state index in [9.17, 15) is 0 Å². The average molecular weight is 208 g/mol. The number of rotatable bonds is 1. The molecule has 4 aliphatic rings. The van der Waals surface area contributed by atoms with Gasteiger partial charge in [0.2, 0.25) is 0 Å². The molecular weight excluding hydrogens is 188 g/mol. The average Bonchev–Trinajstić information content (AvgIpc) is 2.85. The lowest BCUT2D eigenvalue weighted by molar-refractivity contribution is -0.101. The monoisotopic (exact) mass is 208 g/mol. The fraction of sp³-hybridized carbons (Fsp3) is 1.00. The Morgan fingerprint density at radius 1 is 0.933 bits per heavy atom. The first-order valence-corrected chi connectivity index (χ1v) is 6.39. The van der Waals surface area contributed by atoms with E-state index >= 15 is 0 Å². The van der Waals surface area contributed by atoms with Gasteiger partial charge in [-0.25, -0.2) is 0 Å². The lowest BCUT2D eigenvalue weighted by atomic mass is 10.2. The summed E-state index contributed by atoms with van der Waals surface area (Å²) in [6, 6.07) is 0.802. The highest BCUT2D eigenvalue weighted by atomic mass is 15.8. The van der Waals surface area contributed by atoms with Crippen LogP contribution in [0.2, 0.25) is 0 Å². The minimum atomic E-state index is 0.251. The van der Waals surface area contributed by atoms with E-state index in [0.29, 0.717) is 0 Å². The Bertz CT molecular complexity index is 284. The first kappa shape index (κ1) is 8.93. The van der Waals surface area contributed by atoms with Gasteiger partial charge in [0.25, 0.3) is 0 Å². The molecular formula is C11H20N4. The van der Waals surface area contributed by atoms with Crippen molar-refractivity contribution in [1.82, 2.24) is 19.6 Å². The highest BCUT2D eigenvalue weighted by Gasteiger charge is 2.66. The van der Waals surface area contributed by atoms with Gasteiger partial charge in [0.1, 0.15) is 0 Å². The van der Waals surface area contributed by atoms with Crippen molar-refractivity contribution >= 4 is 0 Å². The zero-order valence-electron chi connectivity index (χ0n) is 9.52. The van der Waals surface area contributed by atoms with E-state index in [4.69, 9.17) is 0 Å². The van der Waals surface area contributed by atoms with Gasteiger partial charge in [-0.1, -0.05) is 6.92 Å². The van der Waals surface area contributed by atoms with Crippen molar-refractivity contribution in [3.05, 3.63) is 0 Å². The molecule has 4 fully saturated rings. The Morgan fingerprint density at radius 2 is 1.53 bits per heavy atom. The summed E-state index contributed by atoms with van der Waals surface area (Å²) in [6.07, 6.45) is 1.31. The van der Waals surface area contributed by atoms with E-state index in [0.717, 1.165) is 6.04 Å². The normalized spacial score (nSPS) is 46.6. The summed E-state index contributed by atoms with van der Waals surface area (Å²) in [5.74, 6) is 0.251. The van der Waals surface area contributed by atoms with Crippen molar-refractivity contribution in [1.29, 1.82) is 0 Å². The van der Waals surface area contributed by atoms with Crippen LogP contribution in [-0.2, 0) is 0 Å². The summed E-state index contributed by atoms with van der Waals surface area (Å²) in [7, 11) is 0. The minimum absolute atomic E-state index is 0.251. The Balaban J connectivity index is 1.80. The first-order valence-electron chi connectivity index (χ1n) is 6.39. The van der Waals surface area contributed by atoms with Crippen LogP contribution in [-0.4, -0.2) is 77.4 Å². The molecule has 0 aromatic heterocycles. The minimum Gasteiger partial charge on any atom is -0.257 e. The Hall–Kier alpha value is -0.160. The van der Waals surface area contributed by atoms with Crippen molar-refractivity contribution in [3.63, 3.8) is 0 Å². The van der Waals surface area contributed by atoms with Gasteiger partial charge in [-0.15, -0.1) is 0 Å². The van der Waals surface area contributed by atoms with Gasteiger partial charge in [-0.3, -0.25) is 19.6 Å². The molecule has 1 unspecified atom stereocenters. The molecule has 4 aliphatic heterocycles. The second-order valence-electron chi connectivity index (χ2n) is 5.28. The summed E-state index contributed by atoms with van der Waals surface area (Å²) < 4.78 is 0. The first-order chi connectivity index (χ1) is 7.37. The molecule has 4 heterocycles. The molecule has 4 heteroatoms. The highest BCUT2D eigenvalue weighted by molar-refractivity contribution is 5.11. The molecule has 15 heavy (non-hydrogen) atoms. The Kier molecular flexibility index (Phi) is 1.63. The van der Waals surface area contributed by atoms with Gasteiger partial charge in [-0.2, -0.15) is 0 Å².